The van der Waals surface area contributed by atoms with Crippen LogP contribution < -0.4 is 20.3 Å². The number of amides is 2. The molecule has 1 saturated heterocycles. The van der Waals surface area contributed by atoms with Crippen LogP contribution in [0.2, 0.25) is 0 Å². The van der Waals surface area contributed by atoms with E-state index in [-0.39, 0.29) is 30.2 Å². The van der Waals surface area contributed by atoms with Gasteiger partial charge < -0.3 is 20.3 Å². The van der Waals surface area contributed by atoms with Gasteiger partial charge in [0.15, 0.2) is 5.65 Å². The van der Waals surface area contributed by atoms with Gasteiger partial charge >= 0.3 is 6.36 Å². The van der Waals surface area contributed by atoms with Crippen molar-refractivity contribution < 1.29 is 27.5 Å². The van der Waals surface area contributed by atoms with E-state index < -0.39 is 6.36 Å². The molecule has 1 aliphatic heterocycles. The van der Waals surface area contributed by atoms with Gasteiger partial charge in [0.2, 0.25) is 11.8 Å². The molecule has 2 N–H and O–H groups in total. The summed E-state index contributed by atoms with van der Waals surface area (Å²) in [4.78, 5) is 29.7. The minimum Gasteiger partial charge on any atom is -0.406 e. The Morgan fingerprint density at radius 2 is 1.88 bits per heavy atom. The zero-order valence-corrected chi connectivity index (χ0v) is 18.5. The molecule has 0 atom stereocenters. The molecule has 0 unspecified atom stereocenters. The molecular weight excluding hydrogens is 453 g/mol. The van der Waals surface area contributed by atoms with E-state index in [2.05, 4.69) is 30.4 Å². The van der Waals surface area contributed by atoms with Crippen molar-refractivity contribution in [3.8, 4) is 11.4 Å². The third-order valence-corrected chi connectivity index (χ3v) is 5.34. The maximum atomic E-state index is 12.5. The van der Waals surface area contributed by atoms with Gasteiger partial charge in [-0.2, -0.15) is 5.10 Å². The summed E-state index contributed by atoms with van der Waals surface area (Å²) < 4.78 is 43.0. The SMILES string of the molecule is CCC(=O)NCc1nn(-c2ccc(OC(F)(F)F)cc2)c2nccc(N3CC(NC(C)=O)C3)c12. The number of halogens is 3. The summed E-state index contributed by atoms with van der Waals surface area (Å²) in [7, 11) is 0. The number of rotatable bonds is 7. The van der Waals surface area contributed by atoms with Crippen molar-refractivity contribution in [1.29, 1.82) is 0 Å². The van der Waals surface area contributed by atoms with Crippen LogP contribution in [0.3, 0.4) is 0 Å². The molecule has 0 spiro atoms. The van der Waals surface area contributed by atoms with Gasteiger partial charge in [0.1, 0.15) is 5.75 Å². The number of ether oxygens (including phenoxy) is 1. The molecular formula is C22H23F3N6O3. The molecule has 3 heterocycles. The Labute approximate surface area is 192 Å². The number of nitrogens with one attached hydrogen (secondary N) is 2. The molecule has 0 aliphatic carbocycles. The highest BCUT2D eigenvalue weighted by atomic mass is 19.4. The largest absolute Gasteiger partial charge is 0.573 e. The number of hydrogen-bond donors (Lipinski definition) is 2. The molecule has 34 heavy (non-hydrogen) atoms. The predicted molar refractivity (Wildman–Crippen MR) is 118 cm³/mol. The van der Waals surface area contributed by atoms with Crippen molar-refractivity contribution in [2.45, 2.75) is 39.2 Å². The first-order valence-corrected chi connectivity index (χ1v) is 10.7. The number of alkyl halides is 3. The van der Waals surface area contributed by atoms with Gasteiger partial charge in [0, 0.05) is 32.6 Å². The quantitative estimate of drug-likeness (QED) is 0.544. The molecule has 2 amide bonds. The average Bonchev–Trinajstić information content (AvgIpc) is 3.12. The zero-order valence-electron chi connectivity index (χ0n) is 18.5. The van der Waals surface area contributed by atoms with E-state index in [4.69, 9.17) is 0 Å². The first-order valence-electron chi connectivity index (χ1n) is 10.7. The first kappa shape index (κ1) is 23.3. The lowest BCUT2D eigenvalue weighted by atomic mass is 10.1. The maximum absolute atomic E-state index is 12.5. The lowest BCUT2D eigenvalue weighted by Crippen LogP contribution is -2.59. The van der Waals surface area contributed by atoms with Crippen molar-refractivity contribution in [3.63, 3.8) is 0 Å². The van der Waals surface area contributed by atoms with Crippen molar-refractivity contribution in [3.05, 3.63) is 42.2 Å². The van der Waals surface area contributed by atoms with E-state index in [0.717, 1.165) is 11.1 Å². The Kier molecular flexibility index (Phi) is 6.31. The summed E-state index contributed by atoms with van der Waals surface area (Å²) in [6.45, 7) is 4.58. The number of carbonyl (C=O) groups excluding carboxylic acids is 2. The molecule has 3 aromatic rings. The lowest BCUT2D eigenvalue weighted by molar-refractivity contribution is -0.274. The van der Waals surface area contributed by atoms with Gasteiger partial charge in [0.05, 0.1) is 35.0 Å². The van der Waals surface area contributed by atoms with Gasteiger partial charge in [0.25, 0.3) is 0 Å². The molecule has 1 fully saturated rings. The summed E-state index contributed by atoms with van der Waals surface area (Å²) in [6, 6.07) is 7.17. The normalized spacial score (nSPS) is 14.1. The summed E-state index contributed by atoms with van der Waals surface area (Å²) in [5.74, 6) is -0.587. The highest BCUT2D eigenvalue weighted by molar-refractivity contribution is 5.93. The standard InChI is InChI=1S/C22H23F3N6O3/c1-3-19(33)27-10-17-20-18(30-11-14(12-30)28-13(2)32)8-9-26-21(20)31(29-17)15-4-6-16(7-5-15)34-22(23,24)25/h4-9,14H,3,10-12H2,1-2H3,(H,27,33)(H,28,32). The smallest absolute Gasteiger partial charge is 0.406 e. The Balaban J connectivity index is 1.70. The van der Waals surface area contributed by atoms with E-state index in [1.807, 2.05) is 6.07 Å². The maximum Gasteiger partial charge on any atom is 0.573 e. The number of hydrogen-bond acceptors (Lipinski definition) is 6. The van der Waals surface area contributed by atoms with Gasteiger partial charge in [-0.1, -0.05) is 6.92 Å². The van der Waals surface area contributed by atoms with Crippen molar-refractivity contribution in [2.75, 3.05) is 18.0 Å². The Morgan fingerprint density at radius 3 is 2.50 bits per heavy atom. The molecule has 1 aliphatic rings. The zero-order chi connectivity index (χ0) is 24.5. The molecule has 180 valence electrons. The fourth-order valence-corrected chi connectivity index (χ4v) is 3.81. The third-order valence-electron chi connectivity index (χ3n) is 5.34. The van der Waals surface area contributed by atoms with Crippen LogP contribution in [0.4, 0.5) is 18.9 Å². The second-order valence-corrected chi connectivity index (χ2v) is 7.86. The number of fused-ring (bicyclic) bond motifs is 1. The van der Waals surface area contributed by atoms with E-state index in [1.54, 1.807) is 13.1 Å². The van der Waals surface area contributed by atoms with Crippen molar-refractivity contribution >= 4 is 28.5 Å². The topological polar surface area (TPSA) is 101 Å². The third kappa shape index (κ3) is 5.05. The summed E-state index contributed by atoms with van der Waals surface area (Å²) >= 11 is 0. The van der Waals surface area contributed by atoms with Crippen molar-refractivity contribution in [2.24, 2.45) is 0 Å². The van der Waals surface area contributed by atoms with Crippen LogP contribution in [-0.4, -0.2) is 52.1 Å². The Hall–Kier alpha value is -3.83. The second-order valence-electron chi connectivity index (χ2n) is 7.86. The van der Waals surface area contributed by atoms with Crippen LogP contribution >= 0.6 is 0 Å². The molecule has 4 rings (SSSR count). The number of nitrogens with zero attached hydrogens (tertiary/aromatic N) is 4. The molecule has 12 heteroatoms. The number of pyridine rings is 1. The minimum absolute atomic E-state index is 0.0279. The van der Waals surface area contributed by atoms with Gasteiger partial charge in [-0.15, -0.1) is 13.2 Å². The highest BCUT2D eigenvalue weighted by Crippen LogP contribution is 2.33. The molecule has 0 bridgehead atoms. The summed E-state index contributed by atoms with van der Waals surface area (Å²) in [5, 5.41) is 11.0. The van der Waals surface area contributed by atoms with Gasteiger partial charge in [-0.3, -0.25) is 9.59 Å². The average molecular weight is 476 g/mol. The van der Waals surface area contributed by atoms with Gasteiger partial charge in [-0.25, -0.2) is 9.67 Å². The second kappa shape index (κ2) is 9.20. The lowest BCUT2D eigenvalue weighted by Gasteiger charge is -2.41. The van der Waals surface area contributed by atoms with E-state index in [0.29, 0.717) is 36.5 Å². The van der Waals surface area contributed by atoms with E-state index >= 15 is 0 Å². The van der Waals surface area contributed by atoms with Crippen molar-refractivity contribution in [1.82, 2.24) is 25.4 Å². The fraction of sp³-hybridized carbons (Fsp3) is 0.364. The number of benzene rings is 1. The summed E-state index contributed by atoms with van der Waals surface area (Å²) in [6.07, 6.45) is -2.85. The highest BCUT2D eigenvalue weighted by Gasteiger charge is 2.32. The van der Waals surface area contributed by atoms with Crippen LogP contribution in [0.1, 0.15) is 26.0 Å². The number of aromatic nitrogens is 3. The van der Waals surface area contributed by atoms with Crippen LogP contribution in [0, 0.1) is 0 Å². The fourth-order valence-electron chi connectivity index (χ4n) is 3.81. The van der Waals surface area contributed by atoms with E-state index in [9.17, 15) is 22.8 Å². The summed E-state index contributed by atoms with van der Waals surface area (Å²) in [5.41, 5.74) is 2.39. The molecule has 1 aromatic carbocycles. The monoisotopic (exact) mass is 476 g/mol. The van der Waals surface area contributed by atoms with E-state index in [1.165, 1.54) is 35.9 Å². The predicted octanol–water partition coefficient (Wildman–Crippen LogP) is 2.67. The minimum atomic E-state index is -4.78. The number of anilines is 1. The molecule has 0 saturated carbocycles. The molecule has 0 radical (unpaired) electrons. The first-order chi connectivity index (χ1) is 16.1. The van der Waals surface area contributed by atoms with Crippen LogP contribution in [0.25, 0.3) is 16.7 Å². The molecule has 2 aromatic heterocycles. The Morgan fingerprint density at radius 1 is 1.18 bits per heavy atom. The van der Waals surface area contributed by atoms with Crippen LogP contribution in [0.15, 0.2) is 36.5 Å². The Bertz CT molecular complexity index is 1200. The molecule has 9 nitrogen and oxygen atoms in total. The number of carbonyl (C=O) groups is 2. The van der Waals surface area contributed by atoms with Crippen LogP contribution in [0.5, 0.6) is 5.75 Å². The van der Waals surface area contributed by atoms with Crippen LogP contribution in [-0.2, 0) is 16.1 Å². The van der Waals surface area contributed by atoms with Gasteiger partial charge in [-0.05, 0) is 30.3 Å².